The van der Waals surface area contributed by atoms with Gasteiger partial charge in [0, 0.05) is 31.2 Å². The maximum Gasteiger partial charge on any atom is 0.309 e. The van der Waals surface area contributed by atoms with E-state index in [-0.39, 0.29) is 5.92 Å². The largest absolute Gasteiger partial charge is 0.481 e. The molecule has 4 heteroatoms. The average molecular weight is 224 g/mol. The number of piperidine rings is 1. The Morgan fingerprint density at radius 2 is 1.69 bits per heavy atom. The van der Waals surface area contributed by atoms with E-state index in [1.54, 1.807) is 0 Å². The van der Waals surface area contributed by atoms with Crippen LogP contribution in [0.5, 0.6) is 0 Å². The number of rotatable bonds is 2. The molecule has 0 aromatic carbocycles. The van der Waals surface area contributed by atoms with E-state index < -0.39 is 5.97 Å². The summed E-state index contributed by atoms with van der Waals surface area (Å²) in [5.74, 6) is -0.718. The second kappa shape index (κ2) is 3.70. The fourth-order valence-electron chi connectivity index (χ4n) is 3.65. The van der Waals surface area contributed by atoms with Gasteiger partial charge < -0.3 is 10.0 Å². The van der Waals surface area contributed by atoms with Crippen molar-refractivity contribution in [3.8, 4) is 0 Å². The molecule has 0 amide bonds. The predicted molar refractivity (Wildman–Crippen MR) is 60.3 cm³/mol. The second-order valence-electron chi connectivity index (χ2n) is 5.66. The molecule has 3 heterocycles. The normalized spacial score (nSPS) is 40.9. The number of nitrogens with zero attached hydrogens (tertiary/aromatic N) is 2. The van der Waals surface area contributed by atoms with Crippen LogP contribution in [0.3, 0.4) is 0 Å². The van der Waals surface area contributed by atoms with Crippen LogP contribution in [0.2, 0.25) is 0 Å². The van der Waals surface area contributed by atoms with Gasteiger partial charge in [0.05, 0.1) is 5.92 Å². The summed E-state index contributed by atoms with van der Waals surface area (Å²) < 4.78 is 0. The van der Waals surface area contributed by atoms with Crippen LogP contribution in [0.1, 0.15) is 25.7 Å². The number of carboxylic acid groups (broad SMARTS) is 1. The molecule has 3 fully saturated rings. The molecule has 16 heavy (non-hydrogen) atoms. The molecule has 4 nitrogen and oxygen atoms in total. The average Bonchev–Trinajstić information content (AvgIpc) is 2.41. The van der Waals surface area contributed by atoms with Crippen molar-refractivity contribution >= 4 is 5.97 Å². The smallest absolute Gasteiger partial charge is 0.309 e. The zero-order valence-electron chi connectivity index (χ0n) is 9.80. The van der Waals surface area contributed by atoms with E-state index in [9.17, 15) is 4.79 Å². The van der Waals surface area contributed by atoms with Gasteiger partial charge in [-0.25, -0.2) is 0 Å². The van der Waals surface area contributed by atoms with Crippen molar-refractivity contribution in [3.63, 3.8) is 0 Å². The van der Waals surface area contributed by atoms with Gasteiger partial charge in [0.25, 0.3) is 0 Å². The van der Waals surface area contributed by atoms with Crippen LogP contribution in [0, 0.1) is 5.92 Å². The van der Waals surface area contributed by atoms with E-state index in [0.29, 0.717) is 6.04 Å². The minimum absolute atomic E-state index is 0.0997. The second-order valence-corrected chi connectivity index (χ2v) is 5.66. The minimum atomic E-state index is -0.618. The van der Waals surface area contributed by atoms with Crippen LogP contribution < -0.4 is 0 Å². The molecule has 1 N–H and O–H groups in total. The van der Waals surface area contributed by atoms with E-state index >= 15 is 0 Å². The molecule has 3 aliphatic rings. The predicted octanol–water partition coefficient (Wildman–Crippen LogP) is 0.628. The van der Waals surface area contributed by atoms with Crippen molar-refractivity contribution < 1.29 is 9.90 Å². The lowest BCUT2D eigenvalue weighted by molar-refractivity contribution is -0.149. The quantitative estimate of drug-likeness (QED) is 0.747. The van der Waals surface area contributed by atoms with Crippen LogP contribution in [-0.2, 0) is 4.79 Å². The molecular formula is C12H20N2O2. The highest BCUT2D eigenvalue weighted by Gasteiger charge is 2.44. The lowest BCUT2D eigenvalue weighted by Crippen LogP contribution is -2.58. The van der Waals surface area contributed by atoms with Gasteiger partial charge in [-0.05, 0) is 32.7 Å². The number of carbonyl (C=O) groups is 1. The first kappa shape index (κ1) is 10.5. The first-order valence-corrected chi connectivity index (χ1v) is 6.34. The summed E-state index contributed by atoms with van der Waals surface area (Å²) in [6, 6.07) is 2.17. The van der Waals surface area contributed by atoms with Gasteiger partial charge in [0.1, 0.15) is 0 Å². The Morgan fingerprint density at radius 3 is 2.19 bits per heavy atom. The fourth-order valence-corrected chi connectivity index (χ4v) is 3.65. The number of likely N-dealkylation sites (tertiary alicyclic amines) is 1. The Hall–Kier alpha value is -0.610. The van der Waals surface area contributed by atoms with Crippen LogP contribution in [0.15, 0.2) is 0 Å². The number of carboxylic acids is 1. The molecule has 90 valence electrons. The SMILES string of the molecule is CN1C2CCC1CC(N1CC(C(=O)O)C1)C2. The maximum atomic E-state index is 10.8. The van der Waals surface area contributed by atoms with Gasteiger partial charge in [-0.3, -0.25) is 9.69 Å². The van der Waals surface area contributed by atoms with E-state index in [0.717, 1.165) is 25.2 Å². The van der Waals surface area contributed by atoms with Crippen molar-refractivity contribution in [1.29, 1.82) is 0 Å². The molecule has 0 saturated carbocycles. The third-order valence-electron chi connectivity index (χ3n) is 4.85. The van der Waals surface area contributed by atoms with Crippen LogP contribution in [0.25, 0.3) is 0 Å². The number of hydrogen-bond donors (Lipinski definition) is 1. The van der Waals surface area contributed by atoms with Crippen molar-refractivity contribution in [3.05, 3.63) is 0 Å². The molecule has 0 spiro atoms. The molecule has 2 unspecified atom stereocenters. The molecular weight excluding hydrogens is 204 g/mol. The Morgan fingerprint density at radius 1 is 1.12 bits per heavy atom. The fraction of sp³-hybridized carbons (Fsp3) is 0.917. The summed E-state index contributed by atoms with van der Waals surface area (Å²) in [5.41, 5.74) is 0. The van der Waals surface area contributed by atoms with Crippen molar-refractivity contribution in [1.82, 2.24) is 9.80 Å². The number of hydrogen-bond acceptors (Lipinski definition) is 3. The van der Waals surface area contributed by atoms with Crippen molar-refractivity contribution in [2.45, 2.75) is 43.8 Å². The first-order valence-electron chi connectivity index (χ1n) is 6.34. The standard InChI is InChI=1S/C12H20N2O2/c1-13-9-2-3-10(13)5-11(4-9)14-6-8(7-14)12(15)16/h8-11H,2-7H2,1H3,(H,15,16). The Labute approximate surface area is 96.2 Å². The highest BCUT2D eigenvalue weighted by atomic mass is 16.4. The van der Waals surface area contributed by atoms with E-state index in [4.69, 9.17) is 5.11 Å². The maximum absolute atomic E-state index is 10.8. The van der Waals surface area contributed by atoms with E-state index in [1.807, 2.05) is 0 Å². The third-order valence-corrected chi connectivity index (χ3v) is 4.85. The van der Waals surface area contributed by atoms with Crippen LogP contribution in [-0.4, -0.2) is 59.1 Å². The molecule has 0 radical (unpaired) electrons. The van der Waals surface area contributed by atoms with E-state index in [2.05, 4.69) is 16.8 Å². The topological polar surface area (TPSA) is 43.8 Å². The zero-order chi connectivity index (χ0) is 11.3. The molecule has 2 atom stereocenters. The van der Waals surface area contributed by atoms with E-state index in [1.165, 1.54) is 25.7 Å². The molecule has 3 rings (SSSR count). The molecule has 0 aromatic heterocycles. The Bertz CT molecular complexity index is 287. The molecule has 3 aliphatic heterocycles. The monoisotopic (exact) mass is 224 g/mol. The Balaban J connectivity index is 1.57. The van der Waals surface area contributed by atoms with Crippen LogP contribution in [0.4, 0.5) is 0 Å². The number of aliphatic carboxylic acids is 1. The molecule has 3 saturated heterocycles. The highest BCUT2D eigenvalue weighted by molar-refractivity contribution is 5.71. The summed E-state index contributed by atoms with van der Waals surface area (Å²) in [5, 5.41) is 8.87. The lowest BCUT2D eigenvalue weighted by atomic mass is 9.90. The van der Waals surface area contributed by atoms with Gasteiger partial charge in [0.15, 0.2) is 0 Å². The summed E-state index contributed by atoms with van der Waals surface area (Å²) >= 11 is 0. The lowest BCUT2D eigenvalue weighted by Gasteiger charge is -2.47. The molecule has 2 bridgehead atoms. The van der Waals surface area contributed by atoms with Gasteiger partial charge in [-0.1, -0.05) is 0 Å². The molecule has 0 aliphatic carbocycles. The Kier molecular flexibility index (Phi) is 2.44. The zero-order valence-corrected chi connectivity index (χ0v) is 9.80. The highest BCUT2D eigenvalue weighted by Crippen LogP contribution is 2.38. The number of fused-ring (bicyclic) bond motifs is 2. The molecule has 0 aromatic rings. The van der Waals surface area contributed by atoms with Gasteiger partial charge >= 0.3 is 5.97 Å². The summed E-state index contributed by atoms with van der Waals surface area (Å²) in [7, 11) is 2.24. The van der Waals surface area contributed by atoms with Crippen molar-refractivity contribution in [2.24, 2.45) is 5.92 Å². The third kappa shape index (κ3) is 1.55. The summed E-state index contributed by atoms with van der Waals surface area (Å²) in [4.78, 5) is 15.7. The van der Waals surface area contributed by atoms with Gasteiger partial charge in [-0.2, -0.15) is 0 Å². The van der Waals surface area contributed by atoms with Crippen LogP contribution >= 0.6 is 0 Å². The first-order chi connectivity index (χ1) is 7.65. The summed E-state index contributed by atoms with van der Waals surface area (Å²) in [6.45, 7) is 1.56. The van der Waals surface area contributed by atoms with Gasteiger partial charge in [0.2, 0.25) is 0 Å². The van der Waals surface area contributed by atoms with Gasteiger partial charge in [-0.15, -0.1) is 0 Å². The summed E-state index contributed by atoms with van der Waals surface area (Å²) in [6.07, 6.45) is 5.18. The van der Waals surface area contributed by atoms with Crippen molar-refractivity contribution in [2.75, 3.05) is 20.1 Å². The minimum Gasteiger partial charge on any atom is -0.481 e.